The SMILES string of the molecule is CCCCN(CC(O)C(=O)c1ccccc1)c1ccccc1. The average Bonchev–Trinajstić information content (AvgIpc) is 2.59. The number of rotatable bonds is 8. The van der Waals surface area contributed by atoms with Crippen LogP contribution >= 0.6 is 0 Å². The Morgan fingerprint density at radius 1 is 1.05 bits per heavy atom. The maximum atomic E-state index is 12.3. The Hall–Kier alpha value is -2.13. The minimum absolute atomic E-state index is 0.224. The minimum atomic E-state index is -1.01. The zero-order chi connectivity index (χ0) is 15.8. The highest BCUT2D eigenvalue weighted by Crippen LogP contribution is 2.16. The molecule has 0 saturated carbocycles. The molecule has 0 aliphatic carbocycles. The summed E-state index contributed by atoms with van der Waals surface area (Å²) in [6.07, 6.45) is 1.09. The highest BCUT2D eigenvalue weighted by molar-refractivity contribution is 5.99. The van der Waals surface area contributed by atoms with Crippen LogP contribution in [0, 0.1) is 0 Å². The number of unbranched alkanes of at least 4 members (excludes halogenated alkanes) is 1. The fourth-order valence-electron chi connectivity index (χ4n) is 2.40. The number of hydrogen-bond acceptors (Lipinski definition) is 3. The van der Waals surface area contributed by atoms with E-state index in [1.165, 1.54) is 0 Å². The van der Waals surface area contributed by atoms with E-state index in [1.807, 2.05) is 48.5 Å². The Morgan fingerprint density at radius 3 is 2.23 bits per heavy atom. The van der Waals surface area contributed by atoms with Gasteiger partial charge in [0.1, 0.15) is 6.10 Å². The summed E-state index contributed by atoms with van der Waals surface area (Å²) in [6.45, 7) is 3.28. The Bertz CT molecular complexity index is 569. The molecule has 116 valence electrons. The number of benzene rings is 2. The first-order chi connectivity index (χ1) is 10.7. The zero-order valence-corrected chi connectivity index (χ0v) is 13.0. The molecule has 2 aromatic carbocycles. The van der Waals surface area contributed by atoms with Crippen LogP contribution in [0.3, 0.4) is 0 Å². The molecule has 2 aromatic rings. The summed E-state index contributed by atoms with van der Waals surface area (Å²) in [7, 11) is 0. The number of carbonyl (C=O) groups is 1. The molecule has 3 nitrogen and oxygen atoms in total. The second-order valence-electron chi connectivity index (χ2n) is 5.38. The third kappa shape index (κ3) is 4.43. The molecule has 2 rings (SSSR count). The van der Waals surface area contributed by atoms with Gasteiger partial charge >= 0.3 is 0 Å². The number of Topliss-reactive ketones (excluding diaryl/α,β-unsaturated/α-hetero) is 1. The lowest BCUT2D eigenvalue weighted by Crippen LogP contribution is -2.37. The first-order valence-corrected chi connectivity index (χ1v) is 7.79. The van der Waals surface area contributed by atoms with Crippen LogP contribution in [-0.4, -0.2) is 30.1 Å². The van der Waals surface area contributed by atoms with E-state index in [1.54, 1.807) is 12.1 Å². The van der Waals surface area contributed by atoms with Crippen LogP contribution in [0.5, 0.6) is 0 Å². The van der Waals surface area contributed by atoms with Crippen molar-refractivity contribution in [2.24, 2.45) is 0 Å². The van der Waals surface area contributed by atoms with Crippen molar-refractivity contribution >= 4 is 11.5 Å². The van der Waals surface area contributed by atoms with E-state index in [4.69, 9.17) is 0 Å². The molecule has 3 heteroatoms. The quantitative estimate of drug-likeness (QED) is 0.758. The van der Waals surface area contributed by atoms with Gasteiger partial charge in [0.05, 0.1) is 6.54 Å². The predicted octanol–water partition coefficient (Wildman–Crippen LogP) is 3.54. The minimum Gasteiger partial charge on any atom is -0.383 e. The van der Waals surface area contributed by atoms with Crippen molar-refractivity contribution in [2.75, 3.05) is 18.0 Å². The summed E-state index contributed by atoms with van der Waals surface area (Å²) in [6, 6.07) is 18.9. The normalized spacial score (nSPS) is 11.9. The van der Waals surface area contributed by atoms with Crippen molar-refractivity contribution in [3.63, 3.8) is 0 Å². The van der Waals surface area contributed by atoms with E-state index >= 15 is 0 Å². The standard InChI is InChI=1S/C19H23NO2/c1-2-3-14-20(17-12-8-5-9-13-17)15-18(21)19(22)16-10-6-4-7-11-16/h4-13,18,21H,2-3,14-15H2,1H3. The predicted molar refractivity (Wildman–Crippen MR) is 90.3 cm³/mol. The Morgan fingerprint density at radius 2 is 1.64 bits per heavy atom. The molecule has 22 heavy (non-hydrogen) atoms. The van der Waals surface area contributed by atoms with Gasteiger partial charge in [-0.15, -0.1) is 0 Å². The van der Waals surface area contributed by atoms with Crippen LogP contribution in [-0.2, 0) is 0 Å². The molecule has 0 bridgehead atoms. The molecule has 1 N–H and O–H groups in total. The molecule has 0 spiro atoms. The number of nitrogens with zero attached hydrogens (tertiary/aromatic N) is 1. The second-order valence-corrected chi connectivity index (χ2v) is 5.38. The van der Waals surface area contributed by atoms with E-state index < -0.39 is 6.10 Å². The van der Waals surface area contributed by atoms with E-state index in [2.05, 4.69) is 11.8 Å². The van der Waals surface area contributed by atoms with Crippen molar-refractivity contribution in [1.82, 2.24) is 0 Å². The van der Waals surface area contributed by atoms with Crippen molar-refractivity contribution in [2.45, 2.75) is 25.9 Å². The molecule has 0 aliphatic rings. The smallest absolute Gasteiger partial charge is 0.193 e. The maximum absolute atomic E-state index is 12.3. The van der Waals surface area contributed by atoms with Crippen LogP contribution in [0.4, 0.5) is 5.69 Å². The second kappa shape index (κ2) is 8.35. The largest absolute Gasteiger partial charge is 0.383 e. The number of hydrogen-bond donors (Lipinski definition) is 1. The Kier molecular flexibility index (Phi) is 6.16. The highest BCUT2D eigenvalue weighted by atomic mass is 16.3. The molecule has 0 amide bonds. The first-order valence-electron chi connectivity index (χ1n) is 7.79. The van der Waals surface area contributed by atoms with Gasteiger partial charge in [-0.3, -0.25) is 4.79 Å². The van der Waals surface area contributed by atoms with Crippen molar-refractivity contribution < 1.29 is 9.90 Å². The van der Waals surface area contributed by atoms with Gasteiger partial charge in [0.15, 0.2) is 5.78 Å². The number of para-hydroxylation sites is 1. The summed E-state index contributed by atoms with van der Waals surface area (Å²) in [5, 5.41) is 10.3. The fourth-order valence-corrected chi connectivity index (χ4v) is 2.40. The van der Waals surface area contributed by atoms with Gasteiger partial charge < -0.3 is 10.0 Å². The van der Waals surface area contributed by atoms with Crippen molar-refractivity contribution in [1.29, 1.82) is 0 Å². The van der Waals surface area contributed by atoms with Gasteiger partial charge in [0.2, 0.25) is 0 Å². The topological polar surface area (TPSA) is 40.5 Å². The van der Waals surface area contributed by atoms with Crippen LogP contribution in [0.25, 0.3) is 0 Å². The van der Waals surface area contributed by atoms with Gasteiger partial charge in [0.25, 0.3) is 0 Å². The van der Waals surface area contributed by atoms with E-state index in [0.717, 1.165) is 25.1 Å². The third-order valence-corrected chi connectivity index (χ3v) is 3.66. The molecular formula is C19H23NO2. The number of aliphatic hydroxyl groups is 1. The van der Waals surface area contributed by atoms with Gasteiger partial charge in [-0.25, -0.2) is 0 Å². The third-order valence-electron chi connectivity index (χ3n) is 3.66. The summed E-state index contributed by atoms with van der Waals surface area (Å²) < 4.78 is 0. The average molecular weight is 297 g/mol. The summed E-state index contributed by atoms with van der Waals surface area (Å²) in [5.74, 6) is -0.224. The monoisotopic (exact) mass is 297 g/mol. The molecule has 0 radical (unpaired) electrons. The van der Waals surface area contributed by atoms with Gasteiger partial charge in [-0.1, -0.05) is 61.9 Å². The van der Waals surface area contributed by atoms with Gasteiger partial charge in [-0.2, -0.15) is 0 Å². The molecule has 1 unspecified atom stereocenters. The molecule has 0 saturated heterocycles. The van der Waals surface area contributed by atoms with E-state index in [9.17, 15) is 9.90 Å². The number of anilines is 1. The Labute approximate surface area is 132 Å². The van der Waals surface area contributed by atoms with E-state index in [0.29, 0.717) is 12.1 Å². The molecule has 1 atom stereocenters. The lowest BCUT2D eigenvalue weighted by molar-refractivity contribution is 0.0758. The molecule has 0 aromatic heterocycles. The van der Waals surface area contributed by atoms with Crippen LogP contribution < -0.4 is 4.90 Å². The zero-order valence-electron chi connectivity index (χ0n) is 13.0. The van der Waals surface area contributed by atoms with Crippen LogP contribution in [0.15, 0.2) is 60.7 Å². The number of ketones is 1. The molecule has 0 aliphatic heterocycles. The summed E-state index contributed by atoms with van der Waals surface area (Å²) >= 11 is 0. The van der Waals surface area contributed by atoms with Gasteiger partial charge in [0, 0.05) is 17.8 Å². The molecule has 0 fully saturated rings. The van der Waals surface area contributed by atoms with Gasteiger partial charge in [-0.05, 0) is 18.6 Å². The highest BCUT2D eigenvalue weighted by Gasteiger charge is 2.20. The lowest BCUT2D eigenvalue weighted by Gasteiger charge is -2.27. The number of aliphatic hydroxyl groups excluding tert-OH is 1. The Balaban J connectivity index is 2.08. The van der Waals surface area contributed by atoms with Crippen LogP contribution in [0.1, 0.15) is 30.1 Å². The van der Waals surface area contributed by atoms with Crippen molar-refractivity contribution in [3.8, 4) is 0 Å². The first kappa shape index (κ1) is 16.2. The maximum Gasteiger partial charge on any atom is 0.193 e. The van der Waals surface area contributed by atoms with Crippen molar-refractivity contribution in [3.05, 3.63) is 66.2 Å². The molecule has 0 heterocycles. The summed E-state index contributed by atoms with van der Waals surface area (Å²) in [4.78, 5) is 14.4. The molecular weight excluding hydrogens is 274 g/mol. The lowest BCUT2D eigenvalue weighted by atomic mass is 10.1. The number of carbonyl (C=O) groups excluding carboxylic acids is 1. The summed E-state index contributed by atoms with van der Waals surface area (Å²) in [5.41, 5.74) is 1.59. The fraction of sp³-hybridized carbons (Fsp3) is 0.316. The van der Waals surface area contributed by atoms with Crippen LogP contribution in [0.2, 0.25) is 0 Å². The van der Waals surface area contributed by atoms with E-state index in [-0.39, 0.29) is 5.78 Å².